The molecular weight excluding hydrogens is 302 g/mol. The Hall–Kier alpha value is -1.59. The highest BCUT2D eigenvalue weighted by Crippen LogP contribution is 2.18. The molecule has 6 heteroatoms. The number of nitrogens with two attached hydrogens (primary N) is 1. The van der Waals surface area contributed by atoms with Crippen molar-refractivity contribution in [1.82, 2.24) is 10.2 Å². The van der Waals surface area contributed by atoms with Crippen LogP contribution in [-0.4, -0.2) is 35.8 Å². The van der Waals surface area contributed by atoms with Gasteiger partial charge in [-0.15, -0.1) is 0 Å². The standard InChI is InChI=1S/C16H22ClN3O2/c1-11(20-8-6-13(7-9-20)15(18)21)16(22)19-10-12-2-4-14(17)5-3-12/h2-5,11,13H,6-10H2,1H3,(H2,18,21)(H,19,22)/t11-/m1/s1. The van der Waals surface area contributed by atoms with Crippen LogP contribution >= 0.6 is 11.6 Å². The molecule has 1 saturated heterocycles. The average Bonchev–Trinajstić information content (AvgIpc) is 2.53. The molecule has 1 aliphatic rings. The van der Waals surface area contributed by atoms with E-state index in [0.29, 0.717) is 11.6 Å². The first-order valence-corrected chi connectivity index (χ1v) is 7.90. The molecule has 0 aliphatic carbocycles. The molecule has 2 amide bonds. The van der Waals surface area contributed by atoms with Crippen molar-refractivity contribution < 1.29 is 9.59 Å². The summed E-state index contributed by atoms with van der Waals surface area (Å²) in [6, 6.07) is 7.19. The van der Waals surface area contributed by atoms with Gasteiger partial charge in [-0.2, -0.15) is 0 Å². The highest BCUT2D eigenvalue weighted by atomic mass is 35.5. The second-order valence-electron chi connectivity index (χ2n) is 5.73. The minimum Gasteiger partial charge on any atom is -0.369 e. The fourth-order valence-electron chi connectivity index (χ4n) is 2.68. The Morgan fingerprint density at radius 2 is 1.91 bits per heavy atom. The van der Waals surface area contributed by atoms with Crippen molar-refractivity contribution in [3.8, 4) is 0 Å². The summed E-state index contributed by atoms with van der Waals surface area (Å²) in [5.74, 6) is -0.299. The van der Waals surface area contributed by atoms with Crippen molar-refractivity contribution >= 4 is 23.4 Å². The van der Waals surface area contributed by atoms with Crippen LogP contribution in [0.15, 0.2) is 24.3 Å². The van der Waals surface area contributed by atoms with Crippen molar-refractivity contribution in [1.29, 1.82) is 0 Å². The van der Waals surface area contributed by atoms with Crippen LogP contribution in [0.5, 0.6) is 0 Å². The predicted octanol–water partition coefficient (Wildman–Crippen LogP) is 1.54. The van der Waals surface area contributed by atoms with Gasteiger partial charge in [-0.1, -0.05) is 23.7 Å². The van der Waals surface area contributed by atoms with Gasteiger partial charge in [0.1, 0.15) is 0 Å². The van der Waals surface area contributed by atoms with Gasteiger partial charge >= 0.3 is 0 Å². The molecule has 0 unspecified atom stereocenters. The van der Waals surface area contributed by atoms with Crippen LogP contribution in [0, 0.1) is 5.92 Å². The molecule has 3 N–H and O–H groups in total. The second-order valence-corrected chi connectivity index (χ2v) is 6.17. The maximum Gasteiger partial charge on any atom is 0.237 e. The van der Waals surface area contributed by atoms with Gasteiger partial charge in [-0.05, 0) is 50.6 Å². The van der Waals surface area contributed by atoms with Gasteiger partial charge < -0.3 is 11.1 Å². The fourth-order valence-corrected chi connectivity index (χ4v) is 2.80. The van der Waals surface area contributed by atoms with E-state index in [1.807, 2.05) is 19.1 Å². The van der Waals surface area contributed by atoms with Crippen molar-refractivity contribution in [3.63, 3.8) is 0 Å². The summed E-state index contributed by atoms with van der Waals surface area (Å²) in [5, 5.41) is 3.62. The zero-order valence-electron chi connectivity index (χ0n) is 12.7. The molecule has 0 aromatic heterocycles. The number of amides is 2. The summed E-state index contributed by atoms with van der Waals surface area (Å²) < 4.78 is 0. The van der Waals surface area contributed by atoms with Crippen LogP contribution in [0.25, 0.3) is 0 Å². The van der Waals surface area contributed by atoms with Gasteiger partial charge in [0.25, 0.3) is 0 Å². The first-order chi connectivity index (χ1) is 10.5. The van der Waals surface area contributed by atoms with E-state index in [1.54, 1.807) is 12.1 Å². The van der Waals surface area contributed by atoms with Crippen LogP contribution in [0.1, 0.15) is 25.3 Å². The Morgan fingerprint density at radius 1 is 1.32 bits per heavy atom. The summed E-state index contributed by atoms with van der Waals surface area (Å²) in [7, 11) is 0. The molecule has 1 atom stereocenters. The lowest BCUT2D eigenvalue weighted by molar-refractivity contribution is -0.127. The molecule has 5 nitrogen and oxygen atoms in total. The van der Waals surface area contributed by atoms with E-state index in [0.717, 1.165) is 31.5 Å². The molecule has 1 aromatic carbocycles. The monoisotopic (exact) mass is 323 g/mol. The minimum atomic E-state index is -0.237. The Labute approximate surface area is 135 Å². The second kappa shape index (κ2) is 7.61. The normalized spacial score (nSPS) is 17.9. The van der Waals surface area contributed by atoms with Gasteiger partial charge in [-0.3, -0.25) is 14.5 Å². The Morgan fingerprint density at radius 3 is 2.45 bits per heavy atom. The molecule has 0 bridgehead atoms. The molecule has 0 spiro atoms. The highest BCUT2D eigenvalue weighted by molar-refractivity contribution is 6.30. The van der Waals surface area contributed by atoms with Crippen molar-refractivity contribution in [2.45, 2.75) is 32.4 Å². The molecule has 22 heavy (non-hydrogen) atoms. The smallest absolute Gasteiger partial charge is 0.237 e. The number of carbonyl (C=O) groups excluding carboxylic acids is 2. The summed E-state index contributed by atoms with van der Waals surface area (Å²) in [6.07, 6.45) is 1.45. The van der Waals surface area contributed by atoms with Crippen LogP contribution in [-0.2, 0) is 16.1 Å². The van der Waals surface area contributed by atoms with Gasteiger partial charge in [0, 0.05) is 17.5 Å². The number of nitrogens with one attached hydrogen (secondary N) is 1. The van der Waals surface area contributed by atoms with E-state index in [9.17, 15) is 9.59 Å². The number of likely N-dealkylation sites (tertiary alicyclic amines) is 1. The van der Waals surface area contributed by atoms with Crippen LogP contribution < -0.4 is 11.1 Å². The first kappa shape index (κ1) is 16.8. The number of rotatable bonds is 5. The molecule has 0 radical (unpaired) electrons. The van der Waals surface area contributed by atoms with E-state index >= 15 is 0 Å². The van der Waals surface area contributed by atoms with E-state index in [-0.39, 0.29) is 23.8 Å². The first-order valence-electron chi connectivity index (χ1n) is 7.53. The quantitative estimate of drug-likeness (QED) is 0.863. The summed E-state index contributed by atoms with van der Waals surface area (Å²) in [6.45, 7) is 3.83. The van der Waals surface area contributed by atoms with Gasteiger partial charge in [-0.25, -0.2) is 0 Å². The topological polar surface area (TPSA) is 75.4 Å². The number of piperidine rings is 1. The molecule has 1 aromatic rings. The highest BCUT2D eigenvalue weighted by Gasteiger charge is 2.28. The summed E-state index contributed by atoms with van der Waals surface area (Å²) in [4.78, 5) is 25.5. The molecule has 120 valence electrons. The number of primary amides is 1. The van der Waals surface area contributed by atoms with Crippen LogP contribution in [0.2, 0.25) is 5.02 Å². The largest absolute Gasteiger partial charge is 0.369 e. The van der Waals surface area contributed by atoms with Crippen LogP contribution in [0.4, 0.5) is 0 Å². The van der Waals surface area contributed by atoms with E-state index in [4.69, 9.17) is 17.3 Å². The summed E-state index contributed by atoms with van der Waals surface area (Å²) in [5.41, 5.74) is 6.34. The van der Waals surface area contributed by atoms with Gasteiger partial charge in [0.05, 0.1) is 6.04 Å². The zero-order valence-corrected chi connectivity index (χ0v) is 13.5. The van der Waals surface area contributed by atoms with E-state index < -0.39 is 0 Å². The predicted molar refractivity (Wildman–Crippen MR) is 86.3 cm³/mol. The number of halogens is 1. The third kappa shape index (κ3) is 4.45. The van der Waals surface area contributed by atoms with Gasteiger partial charge in [0.15, 0.2) is 0 Å². The lowest BCUT2D eigenvalue weighted by Gasteiger charge is -2.34. The Balaban J connectivity index is 1.80. The van der Waals surface area contributed by atoms with Crippen molar-refractivity contribution in [3.05, 3.63) is 34.9 Å². The number of hydrogen-bond acceptors (Lipinski definition) is 3. The zero-order chi connectivity index (χ0) is 16.1. The number of nitrogens with zero attached hydrogens (tertiary/aromatic N) is 1. The number of benzene rings is 1. The average molecular weight is 324 g/mol. The number of hydrogen-bond donors (Lipinski definition) is 2. The lowest BCUT2D eigenvalue weighted by atomic mass is 9.95. The molecule has 1 heterocycles. The molecule has 1 fully saturated rings. The lowest BCUT2D eigenvalue weighted by Crippen LogP contribution is -2.49. The Kier molecular flexibility index (Phi) is 5.80. The minimum absolute atomic E-state index is 0.00697. The number of carbonyl (C=O) groups is 2. The van der Waals surface area contributed by atoms with E-state index in [2.05, 4.69) is 10.2 Å². The maximum atomic E-state index is 12.2. The third-order valence-corrected chi connectivity index (χ3v) is 4.49. The van der Waals surface area contributed by atoms with Crippen molar-refractivity contribution in [2.75, 3.05) is 13.1 Å². The molecule has 2 rings (SSSR count). The van der Waals surface area contributed by atoms with Gasteiger partial charge in [0.2, 0.25) is 11.8 Å². The Bertz CT molecular complexity index is 525. The van der Waals surface area contributed by atoms with Crippen LogP contribution in [0.3, 0.4) is 0 Å². The fraction of sp³-hybridized carbons (Fsp3) is 0.500. The third-order valence-electron chi connectivity index (χ3n) is 4.24. The maximum absolute atomic E-state index is 12.2. The van der Waals surface area contributed by atoms with Crippen molar-refractivity contribution in [2.24, 2.45) is 11.7 Å². The molecule has 0 saturated carbocycles. The summed E-state index contributed by atoms with van der Waals surface area (Å²) >= 11 is 5.83. The molecule has 1 aliphatic heterocycles. The molecular formula is C16H22ClN3O2. The van der Waals surface area contributed by atoms with E-state index in [1.165, 1.54) is 0 Å². The SMILES string of the molecule is C[C@H](C(=O)NCc1ccc(Cl)cc1)N1CCC(C(N)=O)CC1.